The van der Waals surface area contributed by atoms with Gasteiger partial charge in [0.1, 0.15) is 18.1 Å². The molecule has 3 atom stereocenters. The van der Waals surface area contributed by atoms with Crippen molar-refractivity contribution in [3.63, 3.8) is 0 Å². The molecule has 3 amide bonds. The summed E-state index contributed by atoms with van der Waals surface area (Å²) in [5.41, 5.74) is 6.80. The van der Waals surface area contributed by atoms with E-state index in [1.54, 1.807) is 6.20 Å². The van der Waals surface area contributed by atoms with Crippen LogP contribution in [0.4, 0.5) is 0 Å². The molecule has 31 heavy (non-hydrogen) atoms. The van der Waals surface area contributed by atoms with Crippen LogP contribution in [0.15, 0.2) is 30.5 Å². The molecular formula is C19H25N5O5S2. The van der Waals surface area contributed by atoms with Crippen LogP contribution in [0.3, 0.4) is 0 Å². The van der Waals surface area contributed by atoms with E-state index >= 15 is 0 Å². The molecule has 0 saturated carbocycles. The van der Waals surface area contributed by atoms with Gasteiger partial charge in [-0.25, -0.2) is 4.79 Å². The molecule has 0 aliphatic rings. The number of carboxylic acids is 1. The number of hydrogen-bond donors (Lipinski definition) is 8. The minimum Gasteiger partial charge on any atom is -0.480 e. The summed E-state index contributed by atoms with van der Waals surface area (Å²) in [7, 11) is 0. The van der Waals surface area contributed by atoms with E-state index in [0.717, 1.165) is 16.5 Å². The van der Waals surface area contributed by atoms with E-state index in [-0.39, 0.29) is 24.5 Å². The summed E-state index contributed by atoms with van der Waals surface area (Å²) in [4.78, 5) is 51.2. The highest BCUT2D eigenvalue weighted by Gasteiger charge is 2.28. The van der Waals surface area contributed by atoms with E-state index in [2.05, 4.69) is 46.2 Å². The summed E-state index contributed by atoms with van der Waals surface area (Å²) in [6.45, 7) is -0.303. The topological polar surface area (TPSA) is 166 Å². The minimum atomic E-state index is -1.22. The highest BCUT2D eigenvalue weighted by Crippen LogP contribution is 2.19. The van der Waals surface area contributed by atoms with Crippen molar-refractivity contribution in [1.29, 1.82) is 0 Å². The summed E-state index contributed by atoms with van der Waals surface area (Å²) in [5.74, 6) is -3.23. The van der Waals surface area contributed by atoms with Crippen molar-refractivity contribution in [1.82, 2.24) is 20.9 Å². The standard InChI is InChI=1S/C19H25N5O5S2/c20-6-16(25)22-14(8-30)17(26)24-15(9-31)18(27)23-13(19(28)29)5-10-7-21-12-4-2-1-3-11(10)12/h1-4,7,13-15,21,30-31H,5-6,8-9,20H2,(H,22,25)(H,23,27)(H,24,26)(H,28,29). The molecule has 168 valence electrons. The number of thiol groups is 2. The van der Waals surface area contributed by atoms with Gasteiger partial charge in [0.25, 0.3) is 0 Å². The Bertz CT molecular complexity index is 951. The maximum absolute atomic E-state index is 12.6. The van der Waals surface area contributed by atoms with Crippen LogP contribution in [0.5, 0.6) is 0 Å². The number of aliphatic carboxylic acids is 1. The van der Waals surface area contributed by atoms with E-state index in [9.17, 15) is 24.3 Å². The molecule has 0 saturated heterocycles. The first-order valence-corrected chi connectivity index (χ1v) is 10.7. The molecule has 2 aromatic rings. The van der Waals surface area contributed by atoms with Gasteiger partial charge in [0, 0.05) is 35.0 Å². The first-order valence-electron chi connectivity index (χ1n) is 9.40. The third-order valence-electron chi connectivity index (χ3n) is 4.55. The summed E-state index contributed by atoms with van der Waals surface area (Å²) < 4.78 is 0. The zero-order valence-corrected chi connectivity index (χ0v) is 18.3. The molecule has 12 heteroatoms. The van der Waals surface area contributed by atoms with Crippen LogP contribution in [0.1, 0.15) is 5.56 Å². The highest BCUT2D eigenvalue weighted by molar-refractivity contribution is 7.80. The van der Waals surface area contributed by atoms with Crippen molar-refractivity contribution in [2.24, 2.45) is 5.73 Å². The first-order chi connectivity index (χ1) is 14.8. The Kier molecular flexibility index (Phi) is 9.21. The Morgan fingerprint density at radius 2 is 1.55 bits per heavy atom. The Hall–Kier alpha value is -2.70. The molecule has 0 bridgehead atoms. The second-order valence-corrected chi connectivity index (χ2v) is 7.44. The normalized spacial score (nSPS) is 13.8. The Morgan fingerprint density at radius 1 is 0.968 bits per heavy atom. The van der Waals surface area contributed by atoms with E-state index in [4.69, 9.17) is 5.73 Å². The molecule has 0 fully saturated rings. The largest absolute Gasteiger partial charge is 0.480 e. The third kappa shape index (κ3) is 6.64. The molecule has 7 N–H and O–H groups in total. The van der Waals surface area contributed by atoms with Gasteiger partial charge < -0.3 is 31.8 Å². The van der Waals surface area contributed by atoms with Crippen LogP contribution < -0.4 is 21.7 Å². The molecular weight excluding hydrogens is 442 g/mol. The highest BCUT2D eigenvalue weighted by atomic mass is 32.1. The zero-order chi connectivity index (χ0) is 23.0. The molecule has 0 spiro atoms. The van der Waals surface area contributed by atoms with Crippen LogP contribution in [-0.2, 0) is 25.6 Å². The molecule has 0 aliphatic carbocycles. The number of hydrogen-bond acceptors (Lipinski definition) is 7. The maximum atomic E-state index is 12.6. The first kappa shape index (κ1) is 24.6. The number of nitrogens with one attached hydrogen (secondary N) is 4. The van der Waals surface area contributed by atoms with Gasteiger partial charge in [0.15, 0.2) is 0 Å². The fourth-order valence-corrected chi connectivity index (χ4v) is 3.42. The van der Waals surface area contributed by atoms with Crippen LogP contribution in [0.25, 0.3) is 10.9 Å². The van der Waals surface area contributed by atoms with Crippen molar-refractivity contribution in [2.75, 3.05) is 18.1 Å². The predicted molar refractivity (Wildman–Crippen MR) is 122 cm³/mol. The van der Waals surface area contributed by atoms with Gasteiger partial charge in [-0.2, -0.15) is 25.3 Å². The number of carbonyl (C=O) groups excluding carboxylic acids is 3. The van der Waals surface area contributed by atoms with E-state index in [0.29, 0.717) is 0 Å². The van der Waals surface area contributed by atoms with Crippen LogP contribution >= 0.6 is 25.3 Å². The fourth-order valence-electron chi connectivity index (χ4n) is 2.91. The third-order valence-corrected chi connectivity index (χ3v) is 5.28. The summed E-state index contributed by atoms with van der Waals surface area (Å²) in [5, 5.41) is 17.7. The summed E-state index contributed by atoms with van der Waals surface area (Å²) in [6.07, 6.45) is 1.74. The van der Waals surface area contributed by atoms with Crippen molar-refractivity contribution in [2.45, 2.75) is 24.5 Å². The van der Waals surface area contributed by atoms with Crippen LogP contribution in [0.2, 0.25) is 0 Å². The lowest BCUT2D eigenvalue weighted by Gasteiger charge is -2.22. The van der Waals surface area contributed by atoms with Gasteiger partial charge in [0.2, 0.25) is 17.7 Å². The second kappa shape index (κ2) is 11.6. The lowest BCUT2D eigenvalue weighted by Crippen LogP contribution is -2.57. The number of benzene rings is 1. The maximum Gasteiger partial charge on any atom is 0.326 e. The molecule has 2 rings (SSSR count). The molecule has 1 aromatic carbocycles. The lowest BCUT2D eigenvalue weighted by atomic mass is 10.0. The average Bonchev–Trinajstić information content (AvgIpc) is 3.17. The summed E-state index contributed by atoms with van der Waals surface area (Å²) >= 11 is 8.09. The number of H-pyrrole nitrogens is 1. The predicted octanol–water partition coefficient (Wildman–Crippen LogP) is -0.932. The Labute approximate surface area is 189 Å². The number of para-hydroxylation sites is 1. The number of aromatic amines is 1. The Balaban J connectivity index is 2.06. The van der Waals surface area contributed by atoms with Crippen LogP contribution in [0, 0.1) is 0 Å². The van der Waals surface area contributed by atoms with Gasteiger partial charge in [-0.15, -0.1) is 0 Å². The molecule has 0 radical (unpaired) electrons. The quantitative estimate of drug-likeness (QED) is 0.199. The minimum absolute atomic E-state index is 0.0171. The zero-order valence-electron chi connectivity index (χ0n) is 16.5. The van der Waals surface area contributed by atoms with Gasteiger partial charge in [0.05, 0.1) is 6.54 Å². The number of nitrogens with two attached hydrogens (primary N) is 1. The van der Waals surface area contributed by atoms with Gasteiger partial charge >= 0.3 is 5.97 Å². The number of carboxylic acid groups (broad SMARTS) is 1. The number of rotatable bonds is 11. The van der Waals surface area contributed by atoms with Gasteiger partial charge in [-0.3, -0.25) is 14.4 Å². The second-order valence-electron chi connectivity index (χ2n) is 6.71. The smallest absolute Gasteiger partial charge is 0.326 e. The Morgan fingerprint density at radius 3 is 2.13 bits per heavy atom. The molecule has 0 aliphatic heterocycles. The van der Waals surface area contributed by atoms with E-state index in [1.165, 1.54) is 0 Å². The molecule has 10 nitrogen and oxygen atoms in total. The van der Waals surface area contributed by atoms with E-state index in [1.807, 2.05) is 24.3 Å². The van der Waals surface area contributed by atoms with Crippen LogP contribution in [-0.4, -0.2) is 70.0 Å². The fraction of sp³-hybridized carbons (Fsp3) is 0.368. The van der Waals surface area contributed by atoms with Crippen molar-refractivity contribution < 1.29 is 24.3 Å². The van der Waals surface area contributed by atoms with Gasteiger partial charge in [-0.05, 0) is 11.6 Å². The molecule has 3 unspecified atom stereocenters. The van der Waals surface area contributed by atoms with Gasteiger partial charge in [-0.1, -0.05) is 18.2 Å². The lowest BCUT2D eigenvalue weighted by molar-refractivity contribution is -0.142. The number of aromatic nitrogens is 1. The number of amides is 3. The van der Waals surface area contributed by atoms with Crippen molar-refractivity contribution in [3.8, 4) is 0 Å². The van der Waals surface area contributed by atoms with Crippen molar-refractivity contribution in [3.05, 3.63) is 36.0 Å². The van der Waals surface area contributed by atoms with Crippen molar-refractivity contribution >= 4 is 59.9 Å². The number of carbonyl (C=O) groups is 4. The number of fused-ring (bicyclic) bond motifs is 1. The average molecular weight is 468 g/mol. The summed E-state index contributed by atoms with van der Waals surface area (Å²) in [6, 6.07) is 4.07. The molecule has 1 heterocycles. The molecule has 1 aromatic heterocycles. The SMILES string of the molecule is NCC(=O)NC(CS)C(=O)NC(CS)C(=O)NC(Cc1c[nH]c2ccccc12)C(=O)O. The monoisotopic (exact) mass is 467 g/mol. The van der Waals surface area contributed by atoms with E-state index < -0.39 is 41.8 Å².